The molecule has 0 bridgehead atoms. The van der Waals surface area contributed by atoms with Gasteiger partial charge in [-0.05, 0) is 19.8 Å². The van der Waals surface area contributed by atoms with Crippen LogP contribution >= 0.6 is 0 Å². The molecule has 90 valence electrons. The summed E-state index contributed by atoms with van der Waals surface area (Å²) in [7, 11) is 0. The van der Waals surface area contributed by atoms with E-state index in [0.29, 0.717) is 0 Å². The Kier molecular flexibility index (Phi) is 9.33. The van der Waals surface area contributed by atoms with Crippen LogP contribution in [0.1, 0.15) is 65.2 Å². The van der Waals surface area contributed by atoms with Gasteiger partial charge in [0.2, 0.25) is 0 Å². The lowest BCUT2D eigenvalue weighted by Crippen LogP contribution is -2.20. The number of amides is 1. The summed E-state index contributed by atoms with van der Waals surface area (Å²) in [5.74, 6) is 0. The van der Waals surface area contributed by atoms with E-state index in [2.05, 4.69) is 6.92 Å². The molecule has 0 aliphatic rings. The molecule has 0 saturated heterocycles. The summed E-state index contributed by atoms with van der Waals surface area (Å²) in [5.41, 5.74) is 4.92. The molecule has 1 amide bonds. The molecule has 0 aliphatic heterocycles. The molecule has 0 aromatic rings. The van der Waals surface area contributed by atoms with Crippen molar-refractivity contribution in [3.8, 4) is 0 Å². The van der Waals surface area contributed by atoms with Crippen molar-refractivity contribution in [3.05, 3.63) is 0 Å². The topological polar surface area (TPSA) is 52.3 Å². The zero-order valence-corrected chi connectivity index (χ0v) is 10.1. The van der Waals surface area contributed by atoms with Gasteiger partial charge in [0.1, 0.15) is 6.10 Å². The third-order valence-corrected chi connectivity index (χ3v) is 2.53. The van der Waals surface area contributed by atoms with E-state index in [1.165, 1.54) is 38.5 Å². The van der Waals surface area contributed by atoms with Gasteiger partial charge in [0.25, 0.3) is 0 Å². The van der Waals surface area contributed by atoms with Gasteiger partial charge in [0.05, 0.1) is 0 Å². The molecule has 3 heteroatoms. The molecule has 0 radical (unpaired) electrons. The summed E-state index contributed by atoms with van der Waals surface area (Å²) in [4.78, 5) is 10.4. The van der Waals surface area contributed by atoms with Gasteiger partial charge in [-0.15, -0.1) is 0 Å². The highest BCUT2D eigenvalue weighted by atomic mass is 16.6. The minimum absolute atomic E-state index is 0.0295. The molecular formula is C12H25NO2. The van der Waals surface area contributed by atoms with Crippen LogP contribution in [0.3, 0.4) is 0 Å². The quantitative estimate of drug-likeness (QED) is 0.597. The van der Waals surface area contributed by atoms with Crippen LogP contribution in [0.15, 0.2) is 0 Å². The Hall–Kier alpha value is -0.730. The summed E-state index contributed by atoms with van der Waals surface area (Å²) < 4.78 is 4.83. The van der Waals surface area contributed by atoms with Crippen LogP contribution in [-0.4, -0.2) is 12.2 Å². The largest absolute Gasteiger partial charge is 0.447 e. The van der Waals surface area contributed by atoms with Gasteiger partial charge in [-0.2, -0.15) is 0 Å². The number of nitrogens with two attached hydrogens (primary N) is 1. The molecule has 0 aliphatic carbocycles. The van der Waals surface area contributed by atoms with Gasteiger partial charge in [0, 0.05) is 0 Å². The summed E-state index contributed by atoms with van der Waals surface area (Å²) in [6, 6.07) is 0. The minimum atomic E-state index is -0.662. The highest BCUT2D eigenvalue weighted by molar-refractivity contribution is 5.64. The maximum atomic E-state index is 10.4. The number of carbonyl (C=O) groups excluding carboxylic acids is 1. The maximum Gasteiger partial charge on any atom is 0.404 e. The molecule has 2 N–H and O–H groups in total. The third-order valence-electron chi connectivity index (χ3n) is 2.53. The van der Waals surface area contributed by atoms with Crippen LogP contribution in [-0.2, 0) is 4.74 Å². The fraction of sp³-hybridized carbons (Fsp3) is 0.917. The highest BCUT2D eigenvalue weighted by Gasteiger charge is 2.04. The lowest BCUT2D eigenvalue weighted by Gasteiger charge is -2.10. The van der Waals surface area contributed by atoms with Crippen molar-refractivity contribution < 1.29 is 9.53 Å². The second-order valence-corrected chi connectivity index (χ2v) is 4.16. The predicted octanol–water partition coefficient (Wildman–Crippen LogP) is 3.61. The predicted molar refractivity (Wildman–Crippen MR) is 62.7 cm³/mol. The minimum Gasteiger partial charge on any atom is -0.447 e. The monoisotopic (exact) mass is 215 g/mol. The van der Waals surface area contributed by atoms with E-state index in [1.54, 1.807) is 0 Å². The summed E-state index contributed by atoms with van der Waals surface area (Å²) in [5, 5.41) is 0. The zero-order valence-electron chi connectivity index (χ0n) is 10.1. The molecule has 0 fully saturated rings. The number of primary amides is 1. The summed E-state index contributed by atoms with van der Waals surface area (Å²) in [6.07, 6.45) is 9.22. The van der Waals surface area contributed by atoms with E-state index in [0.717, 1.165) is 12.8 Å². The molecule has 15 heavy (non-hydrogen) atoms. The average molecular weight is 215 g/mol. The molecule has 1 unspecified atom stereocenters. The molecule has 1 atom stereocenters. The molecule has 0 saturated carbocycles. The molecule has 0 spiro atoms. The van der Waals surface area contributed by atoms with Crippen molar-refractivity contribution in [1.29, 1.82) is 0 Å². The van der Waals surface area contributed by atoms with Crippen molar-refractivity contribution in [3.63, 3.8) is 0 Å². The van der Waals surface area contributed by atoms with Gasteiger partial charge in [-0.3, -0.25) is 0 Å². The number of carbonyl (C=O) groups is 1. The van der Waals surface area contributed by atoms with Crippen LogP contribution in [0.25, 0.3) is 0 Å². The standard InChI is InChI=1S/C12H25NO2/c1-3-4-5-6-7-8-9-10-11(2)15-12(13)14/h11H,3-10H2,1-2H3,(H2,13,14). The average Bonchev–Trinajstić information content (AvgIpc) is 2.15. The fourth-order valence-corrected chi connectivity index (χ4v) is 1.65. The zero-order chi connectivity index (χ0) is 11.5. The van der Waals surface area contributed by atoms with Crippen LogP contribution in [0.2, 0.25) is 0 Å². The SMILES string of the molecule is CCCCCCCCCC(C)OC(N)=O. The van der Waals surface area contributed by atoms with Crippen molar-refractivity contribution in [1.82, 2.24) is 0 Å². The Bertz CT molecular complexity index is 160. The molecule has 0 aromatic heterocycles. The fourth-order valence-electron chi connectivity index (χ4n) is 1.65. The van der Waals surface area contributed by atoms with Crippen molar-refractivity contribution in [2.75, 3.05) is 0 Å². The molecule has 0 aromatic carbocycles. The summed E-state index contributed by atoms with van der Waals surface area (Å²) in [6.45, 7) is 4.12. The first-order chi connectivity index (χ1) is 7.16. The lowest BCUT2D eigenvalue weighted by molar-refractivity contribution is 0.110. The molecule has 3 nitrogen and oxygen atoms in total. The van der Waals surface area contributed by atoms with Crippen molar-refractivity contribution in [2.24, 2.45) is 5.73 Å². The summed E-state index contributed by atoms with van der Waals surface area (Å²) >= 11 is 0. The van der Waals surface area contributed by atoms with Gasteiger partial charge in [0.15, 0.2) is 0 Å². The van der Waals surface area contributed by atoms with E-state index < -0.39 is 6.09 Å². The Balaban J connectivity index is 3.13. The number of hydrogen-bond acceptors (Lipinski definition) is 2. The first-order valence-electron chi connectivity index (χ1n) is 6.13. The Morgan fingerprint density at radius 2 is 1.67 bits per heavy atom. The molecular weight excluding hydrogens is 190 g/mol. The van der Waals surface area contributed by atoms with Crippen molar-refractivity contribution in [2.45, 2.75) is 71.3 Å². The van der Waals surface area contributed by atoms with E-state index in [1.807, 2.05) is 6.92 Å². The Morgan fingerprint density at radius 1 is 1.13 bits per heavy atom. The van der Waals surface area contributed by atoms with E-state index in [-0.39, 0.29) is 6.10 Å². The molecule has 0 heterocycles. The van der Waals surface area contributed by atoms with E-state index in [9.17, 15) is 4.79 Å². The van der Waals surface area contributed by atoms with Crippen LogP contribution in [0, 0.1) is 0 Å². The normalized spacial score (nSPS) is 12.4. The van der Waals surface area contributed by atoms with Gasteiger partial charge in [-0.1, -0.05) is 45.4 Å². The second-order valence-electron chi connectivity index (χ2n) is 4.16. The Labute approximate surface area is 93.4 Å². The second kappa shape index (κ2) is 9.81. The van der Waals surface area contributed by atoms with Crippen LogP contribution in [0.5, 0.6) is 0 Å². The number of ether oxygens (including phenoxy) is 1. The Morgan fingerprint density at radius 3 is 2.20 bits per heavy atom. The number of hydrogen-bond donors (Lipinski definition) is 1. The van der Waals surface area contributed by atoms with Crippen molar-refractivity contribution >= 4 is 6.09 Å². The number of unbranched alkanes of at least 4 members (excludes halogenated alkanes) is 6. The smallest absolute Gasteiger partial charge is 0.404 e. The first kappa shape index (κ1) is 14.3. The van der Waals surface area contributed by atoms with Gasteiger partial charge in [-0.25, -0.2) is 4.79 Å². The maximum absolute atomic E-state index is 10.4. The first-order valence-corrected chi connectivity index (χ1v) is 6.13. The van der Waals surface area contributed by atoms with E-state index >= 15 is 0 Å². The lowest BCUT2D eigenvalue weighted by atomic mass is 10.1. The van der Waals surface area contributed by atoms with Crippen LogP contribution < -0.4 is 5.73 Å². The van der Waals surface area contributed by atoms with E-state index in [4.69, 9.17) is 10.5 Å². The van der Waals surface area contributed by atoms with Gasteiger partial charge >= 0.3 is 6.09 Å². The van der Waals surface area contributed by atoms with Gasteiger partial charge < -0.3 is 10.5 Å². The van der Waals surface area contributed by atoms with Crippen LogP contribution in [0.4, 0.5) is 4.79 Å². The third kappa shape index (κ3) is 11.2. The molecule has 0 rings (SSSR count). The highest BCUT2D eigenvalue weighted by Crippen LogP contribution is 2.10. The number of rotatable bonds is 9.